The maximum absolute atomic E-state index is 10.8. The molecule has 19 heavy (non-hydrogen) atoms. The average molecular weight is 267 g/mol. The number of likely N-dealkylation sites (tertiary alicyclic amines) is 1. The molecule has 1 spiro atoms. The second kappa shape index (κ2) is 5.43. The molecule has 1 saturated heterocycles. The Morgan fingerprint density at radius 2 is 1.89 bits per heavy atom. The highest BCUT2D eigenvalue weighted by Crippen LogP contribution is 2.48. The number of carboxylic acids is 1. The molecule has 1 unspecified atom stereocenters. The highest BCUT2D eigenvalue weighted by atomic mass is 16.4. The number of hydrogen-bond acceptors (Lipinski definition) is 2. The zero-order valence-electron chi connectivity index (χ0n) is 12.7. The fourth-order valence-corrected chi connectivity index (χ4v) is 3.70. The summed E-state index contributed by atoms with van der Waals surface area (Å²) >= 11 is 0. The summed E-state index contributed by atoms with van der Waals surface area (Å²) in [4.78, 5) is 13.3. The average Bonchev–Trinajstić information content (AvgIpc) is 2.14. The van der Waals surface area contributed by atoms with Crippen molar-refractivity contribution in [3.63, 3.8) is 0 Å². The van der Waals surface area contributed by atoms with Gasteiger partial charge in [0.2, 0.25) is 0 Å². The smallest absolute Gasteiger partial charge is 0.303 e. The van der Waals surface area contributed by atoms with Gasteiger partial charge in [-0.05, 0) is 49.0 Å². The van der Waals surface area contributed by atoms with Gasteiger partial charge in [-0.2, -0.15) is 0 Å². The first-order valence-electron chi connectivity index (χ1n) is 7.75. The van der Waals surface area contributed by atoms with Crippen molar-refractivity contribution in [3.05, 3.63) is 0 Å². The lowest BCUT2D eigenvalue weighted by atomic mass is 9.63. The van der Waals surface area contributed by atoms with Crippen LogP contribution in [0.4, 0.5) is 0 Å². The zero-order chi connectivity index (χ0) is 14.1. The van der Waals surface area contributed by atoms with Crippen LogP contribution in [0.15, 0.2) is 0 Å². The Morgan fingerprint density at radius 1 is 1.26 bits per heavy atom. The predicted octanol–water partition coefficient (Wildman–Crippen LogP) is 3.39. The molecule has 0 aromatic heterocycles. The molecule has 1 N–H and O–H groups in total. The van der Waals surface area contributed by atoms with E-state index >= 15 is 0 Å². The van der Waals surface area contributed by atoms with Crippen molar-refractivity contribution in [2.75, 3.05) is 19.6 Å². The monoisotopic (exact) mass is 267 g/mol. The summed E-state index contributed by atoms with van der Waals surface area (Å²) in [7, 11) is 0. The third-order valence-electron chi connectivity index (χ3n) is 5.26. The van der Waals surface area contributed by atoms with Gasteiger partial charge in [0.1, 0.15) is 0 Å². The Kier molecular flexibility index (Phi) is 4.24. The van der Waals surface area contributed by atoms with Crippen molar-refractivity contribution >= 4 is 5.97 Å². The normalized spacial score (nSPS) is 23.7. The number of hydrogen-bond donors (Lipinski definition) is 1. The first-order valence-corrected chi connectivity index (χ1v) is 7.75. The van der Waals surface area contributed by atoms with E-state index in [0.717, 1.165) is 19.4 Å². The molecule has 3 nitrogen and oxygen atoms in total. The van der Waals surface area contributed by atoms with E-state index < -0.39 is 5.97 Å². The summed E-state index contributed by atoms with van der Waals surface area (Å²) < 4.78 is 0. The molecule has 0 aromatic carbocycles. The molecule has 110 valence electrons. The highest BCUT2D eigenvalue weighted by Gasteiger charge is 2.46. The van der Waals surface area contributed by atoms with E-state index in [-0.39, 0.29) is 5.41 Å². The van der Waals surface area contributed by atoms with Gasteiger partial charge in [0.15, 0.2) is 0 Å². The molecular weight excluding hydrogens is 238 g/mol. The van der Waals surface area contributed by atoms with E-state index in [1.165, 1.54) is 32.4 Å². The van der Waals surface area contributed by atoms with Crippen molar-refractivity contribution in [1.82, 2.24) is 4.90 Å². The van der Waals surface area contributed by atoms with Gasteiger partial charge in [0.05, 0.1) is 0 Å². The Labute approximate surface area is 117 Å². The van der Waals surface area contributed by atoms with E-state index in [1.54, 1.807) is 0 Å². The molecule has 3 heteroatoms. The van der Waals surface area contributed by atoms with Gasteiger partial charge in [-0.1, -0.05) is 27.2 Å². The minimum atomic E-state index is -0.661. The van der Waals surface area contributed by atoms with Gasteiger partial charge in [-0.25, -0.2) is 0 Å². The van der Waals surface area contributed by atoms with Gasteiger partial charge in [-0.15, -0.1) is 0 Å². The van der Waals surface area contributed by atoms with Crippen LogP contribution in [-0.4, -0.2) is 35.6 Å². The molecule has 0 bridgehead atoms. The molecule has 1 heterocycles. The van der Waals surface area contributed by atoms with Crippen molar-refractivity contribution < 1.29 is 9.90 Å². The summed E-state index contributed by atoms with van der Waals surface area (Å²) in [6, 6.07) is 0. The van der Waals surface area contributed by atoms with Gasteiger partial charge in [-0.3, -0.25) is 4.79 Å². The van der Waals surface area contributed by atoms with Crippen LogP contribution in [0.3, 0.4) is 0 Å². The summed E-state index contributed by atoms with van der Waals surface area (Å²) in [6.45, 7) is 10.5. The lowest BCUT2D eigenvalue weighted by molar-refractivity contribution is -0.137. The van der Waals surface area contributed by atoms with Crippen LogP contribution in [-0.2, 0) is 4.79 Å². The van der Waals surface area contributed by atoms with E-state index in [9.17, 15) is 4.79 Å². The molecule has 2 rings (SSSR count). The van der Waals surface area contributed by atoms with Crippen molar-refractivity contribution in [1.29, 1.82) is 0 Å². The topological polar surface area (TPSA) is 40.5 Å². The number of rotatable bonds is 6. The van der Waals surface area contributed by atoms with Gasteiger partial charge in [0.25, 0.3) is 0 Å². The summed E-state index contributed by atoms with van der Waals surface area (Å²) in [5, 5.41) is 8.86. The SMILES string of the molecule is CC(C)(C)C(CCC(=O)O)CCN1CC2(CCC2)C1. The second-order valence-electron chi connectivity index (χ2n) is 7.85. The van der Waals surface area contributed by atoms with E-state index in [4.69, 9.17) is 5.11 Å². The van der Waals surface area contributed by atoms with E-state index in [2.05, 4.69) is 25.7 Å². The first-order chi connectivity index (χ1) is 8.81. The maximum Gasteiger partial charge on any atom is 0.303 e. The largest absolute Gasteiger partial charge is 0.481 e. The number of carbonyl (C=O) groups is 1. The molecule has 0 aromatic rings. The van der Waals surface area contributed by atoms with Gasteiger partial charge in [0, 0.05) is 19.5 Å². The zero-order valence-corrected chi connectivity index (χ0v) is 12.7. The quantitative estimate of drug-likeness (QED) is 0.802. The van der Waals surface area contributed by atoms with Crippen LogP contribution in [0.2, 0.25) is 0 Å². The first kappa shape index (κ1) is 14.8. The fraction of sp³-hybridized carbons (Fsp3) is 0.938. The summed E-state index contributed by atoms with van der Waals surface area (Å²) in [5.74, 6) is -0.145. The van der Waals surface area contributed by atoms with Crippen molar-refractivity contribution in [2.45, 2.75) is 59.3 Å². The lowest BCUT2D eigenvalue weighted by Gasteiger charge is -2.56. The number of nitrogens with zero attached hydrogens (tertiary/aromatic N) is 1. The molecule has 2 aliphatic rings. The van der Waals surface area contributed by atoms with Crippen LogP contribution in [0.1, 0.15) is 59.3 Å². The Bertz CT molecular complexity index is 320. The lowest BCUT2D eigenvalue weighted by Crippen LogP contribution is -2.59. The predicted molar refractivity (Wildman–Crippen MR) is 77.2 cm³/mol. The molecular formula is C16H29NO2. The Balaban J connectivity index is 1.72. The summed E-state index contributed by atoms with van der Waals surface area (Å²) in [5.41, 5.74) is 0.923. The minimum Gasteiger partial charge on any atom is -0.481 e. The Hall–Kier alpha value is -0.570. The van der Waals surface area contributed by atoms with Crippen LogP contribution in [0.25, 0.3) is 0 Å². The van der Waals surface area contributed by atoms with Crippen molar-refractivity contribution in [3.8, 4) is 0 Å². The third kappa shape index (κ3) is 3.71. The van der Waals surface area contributed by atoms with Crippen molar-refractivity contribution in [2.24, 2.45) is 16.7 Å². The Morgan fingerprint density at radius 3 is 2.32 bits per heavy atom. The van der Waals surface area contributed by atoms with Crippen LogP contribution in [0.5, 0.6) is 0 Å². The van der Waals surface area contributed by atoms with Crippen LogP contribution < -0.4 is 0 Å². The highest BCUT2D eigenvalue weighted by molar-refractivity contribution is 5.66. The molecule has 2 fully saturated rings. The fourth-order valence-electron chi connectivity index (χ4n) is 3.70. The third-order valence-corrected chi connectivity index (χ3v) is 5.26. The second-order valence-corrected chi connectivity index (χ2v) is 7.85. The van der Waals surface area contributed by atoms with Crippen LogP contribution in [0, 0.1) is 16.7 Å². The maximum atomic E-state index is 10.8. The number of aliphatic carboxylic acids is 1. The van der Waals surface area contributed by atoms with Gasteiger partial charge >= 0.3 is 5.97 Å². The summed E-state index contributed by atoms with van der Waals surface area (Å²) in [6.07, 6.45) is 6.57. The number of carboxylic acid groups (broad SMARTS) is 1. The van der Waals surface area contributed by atoms with E-state index in [1.807, 2.05) is 0 Å². The molecule has 1 aliphatic heterocycles. The van der Waals surface area contributed by atoms with Crippen LogP contribution >= 0.6 is 0 Å². The molecule has 0 radical (unpaired) electrons. The molecule has 1 saturated carbocycles. The standard InChI is InChI=1S/C16H29NO2/c1-15(2,3)13(5-6-14(18)19)7-10-17-11-16(12-17)8-4-9-16/h13H,4-12H2,1-3H3,(H,18,19). The minimum absolute atomic E-state index is 0.217. The van der Waals surface area contributed by atoms with E-state index in [0.29, 0.717) is 17.8 Å². The molecule has 1 aliphatic carbocycles. The molecule has 0 amide bonds. The molecule has 1 atom stereocenters. The van der Waals surface area contributed by atoms with Gasteiger partial charge < -0.3 is 10.0 Å².